The molecular formula is C26H33N3O4. The summed E-state index contributed by atoms with van der Waals surface area (Å²) in [6.45, 7) is 7.86. The number of H-pyrrole nitrogens is 1. The zero-order valence-electron chi connectivity index (χ0n) is 19.7. The smallest absolute Gasteiger partial charge is 0.408 e. The van der Waals surface area contributed by atoms with Crippen molar-refractivity contribution >= 4 is 22.9 Å². The Kier molecular flexibility index (Phi) is 8.11. The van der Waals surface area contributed by atoms with E-state index in [1.54, 1.807) is 27.7 Å². The molecule has 0 bridgehead atoms. The Morgan fingerprint density at radius 2 is 1.73 bits per heavy atom. The quantitative estimate of drug-likeness (QED) is 0.452. The minimum atomic E-state index is -0.897. The first kappa shape index (κ1) is 24.3. The summed E-state index contributed by atoms with van der Waals surface area (Å²) in [5.74, 6) is -0.318. The summed E-state index contributed by atoms with van der Waals surface area (Å²) in [6.07, 6.45) is 1.40. The third-order valence-corrected chi connectivity index (χ3v) is 5.15. The second kappa shape index (κ2) is 11.0. The first-order valence-electron chi connectivity index (χ1n) is 11.2. The van der Waals surface area contributed by atoms with Crippen LogP contribution in [0.5, 0.6) is 0 Å². The molecule has 0 unspecified atom stereocenters. The van der Waals surface area contributed by atoms with Crippen LogP contribution in [0.15, 0.2) is 60.8 Å². The Bertz CT molecular complexity index is 1060. The number of rotatable bonds is 9. The van der Waals surface area contributed by atoms with Crippen LogP contribution < -0.4 is 10.6 Å². The van der Waals surface area contributed by atoms with Crippen molar-refractivity contribution in [1.82, 2.24) is 15.6 Å². The highest BCUT2D eigenvalue weighted by molar-refractivity contribution is 5.86. The molecule has 176 valence electrons. The molecule has 0 aliphatic heterocycles. The predicted molar refractivity (Wildman–Crippen MR) is 129 cm³/mol. The third-order valence-electron chi connectivity index (χ3n) is 5.15. The predicted octanol–water partition coefficient (Wildman–Crippen LogP) is 4.33. The van der Waals surface area contributed by atoms with Crippen LogP contribution in [0.3, 0.4) is 0 Å². The Labute approximate surface area is 194 Å². The Hall–Kier alpha value is -3.32. The van der Waals surface area contributed by atoms with E-state index in [1.807, 2.05) is 54.7 Å². The van der Waals surface area contributed by atoms with Crippen LogP contribution >= 0.6 is 0 Å². The molecule has 3 rings (SSSR count). The first-order chi connectivity index (χ1) is 15.7. The highest BCUT2D eigenvalue weighted by atomic mass is 16.6. The minimum absolute atomic E-state index is 0.318. The van der Waals surface area contributed by atoms with Crippen molar-refractivity contribution in [2.75, 3.05) is 6.54 Å². The second-order valence-corrected chi connectivity index (χ2v) is 9.03. The van der Waals surface area contributed by atoms with Crippen molar-refractivity contribution in [1.29, 1.82) is 0 Å². The van der Waals surface area contributed by atoms with Gasteiger partial charge < -0.3 is 25.1 Å². The Morgan fingerprint density at radius 1 is 1.03 bits per heavy atom. The molecule has 1 aromatic heterocycles. The molecule has 0 spiro atoms. The van der Waals surface area contributed by atoms with Crippen molar-refractivity contribution in [3.05, 3.63) is 71.9 Å². The molecule has 7 nitrogen and oxygen atoms in total. The second-order valence-electron chi connectivity index (χ2n) is 9.03. The summed E-state index contributed by atoms with van der Waals surface area (Å²) >= 11 is 0. The van der Waals surface area contributed by atoms with Gasteiger partial charge in [0.05, 0.1) is 12.7 Å². The lowest BCUT2D eigenvalue weighted by Gasteiger charge is -2.27. The van der Waals surface area contributed by atoms with E-state index in [4.69, 9.17) is 9.47 Å². The van der Waals surface area contributed by atoms with Gasteiger partial charge in [0.15, 0.2) is 0 Å². The maximum atomic E-state index is 13.0. The van der Waals surface area contributed by atoms with E-state index >= 15 is 0 Å². The average molecular weight is 452 g/mol. The summed E-state index contributed by atoms with van der Waals surface area (Å²) in [6, 6.07) is 16.8. The summed E-state index contributed by atoms with van der Waals surface area (Å²) < 4.78 is 11.3. The van der Waals surface area contributed by atoms with Crippen LogP contribution in [0.4, 0.5) is 4.79 Å². The molecule has 0 aliphatic rings. The number of aromatic nitrogens is 1. The number of fused-ring (bicyclic) bond motifs is 1. The fourth-order valence-electron chi connectivity index (χ4n) is 3.50. The fourth-order valence-corrected chi connectivity index (χ4v) is 3.50. The molecule has 1 heterocycles. The SMILES string of the molecule is C[C@H](OCc1ccccc1)[C@H](NC(=O)OC(C)(C)C)C(=O)NCCc1c[nH]c2ccccc12. The van der Waals surface area contributed by atoms with E-state index in [0.717, 1.165) is 22.0 Å². The van der Waals surface area contributed by atoms with Gasteiger partial charge in [-0.2, -0.15) is 0 Å². The zero-order chi connectivity index (χ0) is 23.8. The van der Waals surface area contributed by atoms with Gasteiger partial charge in [-0.3, -0.25) is 4.79 Å². The van der Waals surface area contributed by atoms with E-state index in [0.29, 0.717) is 19.6 Å². The Balaban J connectivity index is 1.61. The molecule has 3 aromatic rings. The van der Waals surface area contributed by atoms with E-state index in [-0.39, 0.29) is 5.91 Å². The van der Waals surface area contributed by atoms with Crippen LogP contribution in [0.1, 0.15) is 38.8 Å². The van der Waals surface area contributed by atoms with Gasteiger partial charge in [-0.15, -0.1) is 0 Å². The normalized spacial score (nSPS) is 13.3. The average Bonchev–Trinajstić information content (AvgIpc) is 3.18. The number of carbonyl (C=O) groups is 2. The van der Waals surface area contributed by atoms with Crippen molar-refractivity contribution in [2.45, 2.75) is 58.5 Å². The molecule has 0 saturated carbocycles. The number of hydrogen-bond acceptors (Lipinski definition) is 4. The van der Waals surface area contributed by atoms with Crippen LogP contribution in [0.2, 0.25) is 0 Å². The van der Waals surface area contributed by atoms with Crippen LogP contribution in [0, 0.1) is 0 Å². The highest BCUT2D eigenvalue weighted by Gasteiger charge is 2.29. The molecule has 2 aromatic carbocycles. The molecule has 0 saturated heterocycles. The number of aromatic amines is 1. The van der Waals surface area contributed by atoms with Crippen LogP contribution in [-0.2, 0) is 27.3 Å². The molecule has 3 N–H and O–H groups in total. The van der Waals surface area contributed by atoms with E-state index in [1.165, 1.54) is 0 Å². The van der Waals surface area contributed by atoms with E-state index in [9.17, 15) is 9.59 Å². The molecule has 2 amide bonds. The summed E-state index contributed by atoms with van der Waals surface area (Å²) in [5, 5.41) is 6.74. The van der Waals surface area contributed by atoms with E-state index < -0.39 is 23.8 Å². The number of hydrogen-bond donors (Lipinski definition) is 3. The van der Waals surface area contributed by atoms with E-state index in [2.05, 4.69) is 21.7 Å². The van der Waals surface area contributed by atoms with Crippen LogP contribution in [0.25, 0.3) is 10.9 Å². The lowest BCUT2D eigenvalue weighted by molar-refractivity contribution is -0.127. The van der Waals surface area contributed by atoms with Gasteiger partial charge in [0.1, 0.15) is 11.6 Å². The lowest BCUT2D eigenvalue weighted by atomic mass is 10.1. The number of ether oxygens (including phenoxy) is 2. The monoisotopic (exact) mass is 451 g/mol. The minimum Gasteiger partial charge on any atom is -0.444 e. The van der Waals surface area contributed by atoms with Crippen molar-refractivity contribution in [3.63, 3.8) is 0 Å². The molecule has 7 heteroatoms. The maximum Gasteiger partial charge on any atom is 0.408 e. The topological polar surface area (TPSA) is 92.4 Å². The summed E-state index contributed by atoms with van der Waals surface area (Å²) in [4.78, 5) is 28.6. The Morgan fingerprint density at radius 3 is 2.45 bits per heavy atom. The van der Waals surface area contributed by atoms with Gasteiger partial charge in [-0.25, -0.2) is 4.79 Å². The van der Waals surface area contributed by atoms with Gasteiger partial charge in [0, 0.05) is 23.6 Å². The standard InChI is InChI=1S/C26H33N3O4/c1-18(32-17-19-10-6-5-7-11-19)23(29-25(31)33-26(2,3)4)24(30)27-15-14-20-16-28-22-13-9-8-12-21(20)22/h5-13,16,18,23,28H,14-15,17H2,1-4H3,(H,27,30)(H,29,31)/t18-,23-/m0/s1. The van der Waals surface area contributed by atoms with Gasteiger partial charge in [-0.05, 0) is 51.3 Å². The number of amides is 2. The van der Waals surface area contributed by atoms with Gasteiger partial charge in [0.2, 0.25) is 5.91 Å². The van der Waals surface area contributed by atoms with Gasteiger partial charge in [0.25, 0.3) is 0 Å². The molecule has 2 atom stereocenters. The molecular weight excluding hydrogens is 418 g/mol. The maximum absolute atomic E-state index is 13.0. The number of carbonyl (C=O) groups excluding carboxylic acids is 2. The van der Waals surface area contributed by atoms with Gasteiger partial charge in [-0.1, -0.05) is 48.5 Å². The van der Waals surface area contributed by atoms with Crippen molar-refractivity contribution < 1.29 is 19.1 Å². The number of benzene rings is 2. The first-order valence-corrected chi connectivity index (χ1v) is 11.2. The molecule has 0 fully saturated rings. The largest absolute Gasteiger partial charge is 0.444 e. The number of para-hydroxylation sites is 1. The highest BCUT2D eigenvalue weighted by Crippen LogP contribution is 2.17. The lowest BCUT2D eigenvalue weighted by Crippen LogP contribution is -2.54. The zero-order valence-corrected chi connectivity index (χ0v) is 19.7. The molecule has 0 radical (unpaired) electrons. The fraction of sp³-hybridized carbons (Fsp3) is 0.385. The summed E-state index contributed by atoms with van der Waals surface area (Å²) in [5.41, 5.74) is 2.50. The molecule has 0 aliphatic carbocycles. The van der Waals surface area contributed by atoms with Crippen molar-refractivity contribution in [3.8, 4) is 0 Å². The number of nitrogens with one attached hydrogen (secondary N) is 3. The number of alkyl carbamates (subject to hydrolysis) is 1. The van der Waals surface area contributed by atoms with Crippen molar-refractivity contribution in [2.24, 2.45) is 0 Å². The van der Waals surface area contributed by atoms with Crippen LogP contribution in [-0.4, -0.2) is 41.3 Å². The third kappa shape index (κ3) is 7.36. The summed E-state index contributed by atoms with van der Waals surface area (Å²) in [7, 11) is 0. The molecule has 33 heavy (non-hydrogen) atoms. The van der Waals surface area contributed by atoms with Gasteiger partial charge >= 0.3 is 6.09 Å².